The molecule has 124 valence electrons. The van der Waals surface area contributed by atoms with Crippen LogP contribution in [-0.2, 0) is 5.41 Å². The van der Waals surface area contributed by atoms with Gasteiger partial charge in [0, 0.05) is 21.9 Å². The van der Waals surface area contributed by atoms with Crippen molar-refractivity contribution in [3.8, 4) is 0 Å². The van der Waals surface area contributed by atoms with Crippen LogP contribution >= 0.6 is 22.7 Å². The highest BCUT2D eigenvalue weighted by molar-refractivity contribution is 7.15. The molecule has 1 aliphatic heterocycles. The van der Waals surface area contributed by atoms with E-state index in [1.54, 1.807) is 11.3 Å². The zero-order chi connectivity index (χ0) is 16.4. The molecule has 3 rings (SSSR count). The molecule has 2 aromatic rings. The molecule has 0 aromatic carbocycles. The Morgan fingerprint density at radius 1 is 1.35 bits per heavy atom. The maximum atomic E-state index is 12.3. The fourth-order valence-corrected chi connectivity index (χ4v) is 4.39. The van der Waals surface area contributed by atoms with Gasteiger partial charge in [-0.05, 0) is 31.8 Å². The molecule has 2 N–H and O–H groups in total. The molecule has 1 saturated heterocycles. The SMILES string of the molecule is CC(C)(C)c1nc(C(=O)Nc2ncc(C3CCNCC3)s2)cs1. The van der Waals surface area contributed by atoms with Crippen LogP contribution < -0.4 is 10.6 Å². The first-order chi connectivity index (χ1) is 10.9. The first kappa shape index (κ1) is 16.5. The van der Waals surface area contributed by atoms with Crippen molar-refractivity contribution in [2.45, 2.75) is 44.9 Å². The van der Waals surface area contributed by atoms with Gasteiger partial charge in [0.25, 0.3) is 5.91 Å². The Balaban J connectivity index is 1.66. The van der Waals surface area contributed by atoms with Crippen LogP contribution in [0.1, 0.15) is 59.9 Å². The van der Waals surface area contributed by atoms with Gasteiger partial charge in [0.15, 0.2) is 5.13 Å². The smallest absolute Gasteiger partial charge is 0.276 e. The number of hydrogen-bond acceptors (Lipinski definition) is 6. The first-order valence-electron chi connectivity index (χ1n) is 7.87. The van der Waals surface area contributed by atoms with Crippen molar-refractivity contribution >= 4 is 33.7 Å². The summed E-state index contributed by atoms with van der Waals surface area (Å²) in [4.78, 5) is 22.4. The predicted octanol–water partition coefficient (Wildman–Crippen LogP) is 3.62. The number of carbonyl (C=O) groups excluding carboxylic acids is 1. The van der Waals surface area contributed by atoms with Gasteiger partial charge in [0.05, 0.1) is 5.01 Å². The lowest BCUT2D eigenvalue weighted by atomic mass is 9.97. The van der Waals surface area contributed by atoms with Gasteiger partial charge in [-0.15, -0.1) is 22.7 Å². The summed E-state index contributed by atoms with van der Waals surface area (Å²) in [6.07, 6.45) is 4.17. The lowest BCUT2D eigenvalue weighted by Crippen LogP contribution is -2.26. The highest BCUT2D eigenvalue weighted by Gasteiger charge is 2.22. The average Bonchev–Trinajstić information content (AvgIpc) is 3.17. The number of thiazole rings is 2. The minimum Gasteiger partial charge on any atom is -0.317 e. The van der Waals surface area contributed by atoms with Gasteiger partial charge in [0.2, 0.25) is 0 Å². The van der Waals surface area contributed by atoms with E-state index in [0.717, 1.165) is 30.9 Å². The fraction of sp³-hybridized carbons (Fsp3) is 0.562. The molecule has 0 aliphatic carbocycles. The van der Waals surface area contributed by atoms with Crippen LogP contribution in [0.3, 0.4) is 0 Å². The van der Waals surface area contributed by atoms with E-state index in [1.165, 1.54) is 16.2 Å². The zero-order valence-electron chi connectivity index (χ0n) is 13.7. The average molecular weight is 351 g/mol. The van der Waals surface area contributed by atoms with Crippen molar-refractivity contribution in [1.82, 2.24) is 15.3 Å². The molecule has 0 bridgehead atoms. The fourth-order valence-electron chi connectivity index (χ4n) is 2.52. The third-order valence-corrected chi connectivity index (χ3v) is 6.21. The molecule has 1 fully saturated rings. The number of amides is 1. The topological polar surface area (TPSA) is 66.9 Å². The third kappa shape index (κ3) is 3.97. The van der Waals surface area contributed by atoms with Gasteiger partial charge in [0.1, 0.15) is 5.69 Å². The lowest BCUT2D eigenvalue weighted by molar-refractivity contribution is 0.102. The number of nitrogens with one attached hydrogen (secondary N) is 2. The third-order valence-electron chi connectivity index (χ3n) is 3.86. The lowest BCUT2D eigenvalue weighted by Gasteiger charge is -2.20. The Hall–Kier alpha value is -1.31. The van der Waals surface area contributed by atoms with E-state index in [2.05, 4.69) is 41.4 Å². The van der Waals surface area contributed by atoms with E-state index in [1.807, 2.05) is 11.6 Å². The molecule has 1 aliphatic rings. The minimum absolute atomic E-state index is 0.0352. The van der Waals surface area contributed by atoms with E-state index < -0.39 is 0 Å². The second-order valence-corrected chi connectivity index (χ2v) is 8.75. The van der Waals surface area contributed by atoms with Gasteiger partial charge < -0.3 is 5.32 Å². The summed E-state index contributed by atoms with van der Waals surface area (Å²) in [5.74, 6) is 0.383. The van der Waals surface area contributed by atoms with Crippen molar-refractivity contribution in [1.29, 1.82) is 0 Å². The summed E-state index contributed by atoms with van der Waals surface area (Å²) in [6.45, 7) is 8.40. The molecule has 1 amide bonds. The number of piperidine rings is 1. The van der Waals surface area contributed by atoms with E-state index >= 15 is 0 Å². The summed E-state index contributed by atoms with van der Waals surface area (Å²) in [5.41, 5.74) is 0.436. The van der Waals surface area contributed by atoms with Gasteiger partial charge >= 0.3 is 0 Å². The Morgan fingerprint density at radius 3 is 2.74 bits per heavy atom. The second-order valence-electron chi connectivity index (χ2n) is 6.83. The van der Waals surface area contributed by atoms with Crippen LogP contribution in [0.4, 0.5) is 5.13 Å². The Morgan fingerprint density at radius 2 is 2.09 bits per heavy atom. The van der Waals surface area contributed by atoms with Gasteiger partial charge in [-0.3, -0.25) is 10.1 Å². The summed E-state index contributed by atoms with van der Waals surface area (Å²) >= 11 is 3.11. The van der Waals surface area contributed by atoms with Gasteiger partial charge in [-0.25, -0.2) is 9.97 Å². The number of aromatic nitrogens is 2. The van der Waals surface area contributed by atoms with Crippen LogP contribution in [0.15, 0.2) is 11.6 Å². The summed E-state index contributed by atoms with van der Waals surface area (Å²) in [5, 5.41) is 9.69. The van der Waals surface area contributed by atoms with Gasteiger partial charge in [-0.2, -0.15) is 0 Å². The van der Waals surface area contributed by atoms with Crippen LogP contribution in [-0.4, -0.2) is 29.0 Å². The van der Waals surface area contributed by atoms with Gasteiger partial charge in [-0.1, -0.05) is 20.8 Å². The largest absolute Gasteiger partial charge is 0.317 e. The van der Waals surface area contributed by atoms with Crippen molar-refractivity contribution in [3.05, 3.63) is 27.2 Å². The molecular formula is C16H22N4OS2. The van der Waals surface area contributed by atoms with Crippen molar-refractivity contribution in [2.24, 2.45) is 0 Å². The Bertz CT molecular complexity index is 680. The Labute approximate surface area is 144 Å². The molecule has 0 saturated carbocycles. The van der Waals surface area contributed by atoms with Crippen LogP contribution in [0.25, 0.3) is 0 Å². The number of nitrogens with zero attached hydrogens (tertiary/aromatic N) is 2. The molecule has 3 heterocycles. The predicted molar refractivity (Wildman–Crippen MR) is 95.7 cm³/mol. The number of carbonyl (C=O) groups is 1. The Kier molecular flexibility index (Phi) is 4.79. The summed E-state index contributed by atoms with van der Waals surface area (Å²) < 4.78 is 0. The molecular weight excluding hydrogens is 328 g/mol. The number of hydrogen-bond donors (Lipinski definition) is 2. The number of anilines is 1. The highest BCUT2D eigenvalue weighted by atomic mass is 32.1. The summed E-state index contributed by atoms with van der Waals surface area (Å²) in [6, 6.07) is 0. The molecule has 5 nitrogen and oxygen atoms in total. The normalized spacial score (nSPS) is 16.5. The molecule has 2 aromatic heterocycles. The van der Waals surface area contributed by atoms with Crippen LogP contribution in [0, 0.1) is 0 Å². The highest BCUT2D eigenvalue weighted by Crippen LogP contribution is 2.32. The first-order valence-corrected chi connectivity index (χ1v) is 9.57. The molecule has 0 atom stereocenters. The van der Waals surface area contributed by atoms with Crippen molar-refractivity contribution in [3.63, 3.8) is 0 Å². The van der Waals surface area contributed by atoms with Crippen LogP contribution in [0.5, 0.6) is 0 Å². The van der Waals surface area contributed by atoms with E-state index in [-0.39, 0.29) is 11.3 Å². The minimum atomic E-state index is -0.178. The second kappa shape index (κ2) is 6.67. The molecule has 0 spiro atoms. The molecule has 23 heavy (non-hydrogen) atoms. The van der Waals surface area contributed by atoms with Crippen LogP contribution in [0.2, 0.25) is 0 Å². The molecule has 7 heteroatoms. The van der Waals surface area contributed by atoms with E-state index in [4.69, 9.17) is 0 Å². The van der Waals surface area contributed by atoms with E-state index in [0.29, 0.717) is 16.7 Å². The quantitative estimate of drug-likeness (QED) is 0.887. The molecule has 0 radical (unpaired) electrons. The molecule has 0 unspecified atom stereocenters. The summed E-state index contributed by atoms with van der Waals surface area (Å²) in [7, 11) is 0. The van der Waals surface area contributed by atoms with E-state index in [9.17, 15) is 4.79 Å². The van der Waals surface area contributed by atoms with Crippen molar-refractivity contribution < 1.29 is 4.79 Å². The zero-order valence-corrected chi connectivity index (χ0v) is 15.3. The standard InChI is InChI=1S/C16H22N4OS2/c1-16(2,3)14-19-11(9-22-14)13(21)20-15-18-8-12(23-15)10-4-6-17-7-5-10/h8-10,17H,4-7H2,1-3H3,(H,18,20,21). The monoisotopic (exact) mass is 350 g/mol. The number of rotatable bonds is 3. The maximum Gasteiger partial charge on any atom is 0.276 e. The maximum absolute atomic E-state index is 12.3. The van der Waals surface area contributed by atoms with Crippen molar-refractivity contribution in [2.75, 3.05) is 18.4 Å².